The lowest BCUT2D eigenvalue weighted by atomic mass is 10.1. The van der Waals surface area contributed by atoms with E-state index in [4.69, 9.17) is 0 Å². The van der Waals surface area contributed by atoms with Gasteiger partial charge in [0.1, 0.15) is 16.3 Å². The Morgan fingerprint density at radius 2 is 2.13 bits per heavy atom. The van der Waals surface area contributed by atoms with Crippen molar-refractivity contribution < 1.29 is 13.6 Å². The van der Waals surface area contributed by atoms with Gasteiger partial charge in [0.05, 0.1) is 16.8 Å². The maximum absolute atomic E-state index is 13.6. The van der Waals surface area contributed by atoms with Gasteiger partial charge < -0.3 is 0 Å². The van der Waals surface area contributed by atoms with Crippen LogP contribution in [-0.4, -0.2) is 21.1 Å². The van der Waals surface area contributed by atoms with E-state index in [0.717, 1.165) is 30.0 Å². The second-order valence-corrected chi connectivity index (χ2v) is 6.59. The van der Waals surface area contributed by atoms with E-state index < -0.39 is 17.4 Å². The highest BCUT2D eigenvalue weighted by Gasteiger charge is 2.16. The number of fused-ring (bicyclic) bond motifs is 1. The van der Waals surface area contributed by atoms with Crippen LogP contribution >= 0.6 is 23.1 Å². The summed E-state index contributed by atoms with van der Waals surface area (Å²) in [5.74, 6) is -2.15. The van der Waals surface area contributed by atoms with Crippen LogP contribution in [0.25, 0.3) is 10.2 Å². The Bertz CT molecular complexity index is 966. The molecule has 3 aromatic rings. The number of thiophene rings is 1. The summed E-state index contributed by atoms with van der Waals surface area (Å²) in [6, 6.07) is 4.46. The lowest BCUT2D eigenvalue weighted by Crippen LogP contribution is -2.19. The molecule has 0 fully saturated rings. The van der Waals surface area contributed by atoms with Crippen molar-refractivity contribution in [3.05, 3.63) is 57.2 Å². The highest BCUT2D eigenvalue weighted by Crippen LogP contribution is 2.21. The number of carbonyl (C=O) groups is 1. The number of carbonyl (C=O) groups excluding carboxylic acids is 1. The second kappa shape index (κ2) is 6.21. The summed E-state index contributed by atoms with van der Waals surface area (Å²) in [5.41, 5.74) is 0.0565. The third-order valence-electron chi connectivity index (χ3n) is 3.21. The zero-order valence-corrected chi connectivity index (χ0v) is 13.5. The smallest absolute Gasteiger partial charge is 0.271 e. The van der Waals surface area contributed by atoms with Crippen LogP contribution < -0.4 is 5.56 Å². The molecule has 23 heavy (non-hydrogen) atoms. The summed E-state index contributed by atoms with van der Waals surface area (Å²) < 4.78 is 28.6. The minimum Gasteiger partial charge on any atom is -0.293 e. The number of aromatic nitrogens is 2. The Morgan fingerprint density at radius 3 is 2.91 bits per heavy atom. The molecule has 2 heterocycles. The average molecular weight is 352 g/mol. The van der Waals surface area contributed by atoms with E-state index in [2.05, 4.69) is 4.98 Å². The first-order valence-electron chi connectivity index (χ1n) is 6.52. The fourth-order valence-electron chi connectivity index (χ4n) is 2.02. The standard InChI is InChI=1S/C15H10F2N2O2S2/c1-19-14(21)13-11(4-5-22-13)18-15(19)23-7-12(20)9-6-8(16)2-3-10(9)17/h2-6H,7H2,1H3. The van der Waals surface area contributed by atoms with Gasteiger partial charge >= 0.3 is 0 Å². The van der Waals surface area contributed by atoms with Crippen molar-refractivity contribution in [3.63, 3.8) is 0 Å². The number of ketones is 1. The quantitative estimate of drug-likeness (QED) is 0.411. The Hall–Kier alpha value is -2.06. The number of halogens is 2. The number of hydrogen-bond acceptors (Lipinski definition) is 5. The number of nitrogens with zero attached hydrogens (tertiary/aromatic N) is 2. The first-order chi connectivity index (χ1) is 11.0. The molecule has 0 N–H and O–H groups in total. The van der Waals surface area contributed by atoms with Gasteiger partial charge in [-0.05, 0) is 29.6 Å². The zero-order chi connectivity index (χ0) is 16.6. The molecule has 0 aliphatic heterocycles. The molecule has 0 amide bonds. The van der Waals surface area contributed by atoms with E-state index in [1.807, 2.05) is 0 Å². The highest BCUT2D eigenvalue weighted by molar-refractivity contribution is 7.99. The topological polar surface area (TPSA) is 52.0 Å². The molecular formula is C15H10F2N2O2S2. The summed E-state index contributed by atoms with van der Waals surface area (Å²) in [6.07, 6.45) is 0. The van der Waals surface area contributed by atoms with Gasteiger partial charge in [0, 0.05) is 7.05 Å². The van der Waals surface area contributed by atoms with E-state index >= 15 is 0 Å². The largest absolute Gasteiger partial charge is 0.293 e. The van der Waals surface area contributed by atoms with Crippen LogP contribution in [0.4, 0.5) is 8.78 Å². The van der Waals surface area contributed by atoms with Gasteiger partial charge in [0.2, 0.25) is 0 Å². The molecule has 0 aliphatic rings. The predicted octanol–water partition coefficient (Wildman–Crippen LogP) is 3.25. The fourth-order valence-corrected chi connectivity index (χ4v) is 3.68. The van der Waals surface area contributed by atoms with E-state index in [1.54, 1.807) is 18.5 Å². The van der Waals surface area contributed by atoms with Gasteiger partial charge in [-0.3, -0.25) is 14.2 Å². The van der Waals surface area contributed by atoms with Crippen LogP contribution in [0, 0.1) is 11.6 Å². The van der Waals surface area contributed by atoms with Gasteiger partial charge in [-0.15, -0.1) is 11.3 Å². The lowest BCUT2D eigenvalue weighted by Gasteiger charge is -2.07. The molecule has 4 nitrogen and oxygen atoms in total. The van der Waals surface area contributed by atoms with Gasteiger partial charge in [0.25, 0.3) is 5.56 Å². The number of hydrogen-bond donors (Lipinski definition) is 0. The van der Waals surface area contributed by atoms with E-state index in [1.165, 1.54) is 15.9 Å². The minimum atomic E-state index is -0.771. The summed E-state index contributed by atoms with van der Waals surface area (Å²) in [7, 11) is 1.56. The molecule has 0 unspecified atom stereocenters. The molecule has 8 heteroatoms. The Labute approximate surface area is 137 Å². The van der Waals surface area contributed by atoms with Crippen molar-refractivity contribution in [1.29, 1.82) is 0 Å². The Balaban J connectivity index is 1.86. The first kappa shape index (κ1) is 15.8. The second-order valence-electron chi connectivity index (χ2n) is 4.73. The zero-order valence-electron chi connectivity index (χ0n) is 11.9. The third kappa shape index (κ3) is 3.04. The number of rotatable bonds is 4. The van der Waals surface area contributed by atoms with Gasteiger partial charge in [0.15, 0.2) is 10.9 Å². The average Bonchev–Trinajstić information content (AvgIpc) is 3.00. The molecule has 0 aliphatic carbocycles. The SMILES string of the molecule is Cn1c(SCC(=O)c2cc(F)ccc2F)nc2ccsc2c1=O. The van der Waals surface area contributed by atoms with Gasteiger partial charge in [-0.25, -0.2) is 13.8 Å². The van der Waals surface area contributed by atoms with Crippen LogP contribution in [-0.2, 0) is 7.05 Å². The number of benzene rings is 1. The van der Waals surface area contributed by atoms with Crippen molar-refractivity contribution in [1.82, 2.24) is 9.55 Å². The van der Waals surface area contributed by atoms with Crippen molar-refractivity contribution in [2.24, 2.45) is 7.05 Å². The van der Waals surface area contributed by atoms with Crippen LogP contribution in [0.15, 0.2) is 39.6 Å². The molecule has 3 rings (SSSR count). The van der Waals surface area contributed by atoms with Crippen molar-refractivity contribution in [2.75, 3.05) is 5.75 Å². The molecule has 0 saturated carbocycles. The predicted molar refractivity (Wildman–Crippen MR) is 86.3 cm³/mol. The van der Waals surface area contributed by atoms with E-state index in [0.29, 0.717) is 15.4 Å². The van der Waals surface area contributed by atoms with Gasteiger partial charge in [-0.2, -0.15) is 0 Å². The van der Waals surface area contributed by atoms with Crippen molar-refractivity contribution in [3.8, 4) is 0 Å². The normalized spacial score (nSPS) is 11.1. The van der Waals surface area contributed by atoms with Crippen molar-refractivity contribution in [2.45, 2.75) is 5.16 Å². The Kier molecular flexibility index (Phi) is 4.27. The molecular weight excluding hydrogens is 342 g/mol. The first-order valence-corrected chi connectivity index (χ1v) is 8.39. The summed E-state index contributed by atoms with van der Waals surface area (Å²) in [6.45, 7) is 0. The number of thioether (sulfide) groups is 1. The molecule has 1 aromatic carbocycles. The molecule has 0 saturated heterocycles. The molecule has 118 valence electrons. The summed E-state index contributed by atoms with van der Waals surface area (Å²) >= 11 is 2.31. The third-order valence-corrected chi connectivity index (χ3v) is 5.13. The molecule has 0 atom stereocenters. The summed E-state index contributed by atoms with van der Waals surface area (Å²) in [4.78, 5) is 28.5. The van der Waals surface area contributed by atoms with Crippen LogP contribution in [0.2, 0.25) is 0 Å². The molecule has 0 radical (unpaired) electrons. The molecule has 2 aromatic heterocycles. The summed E-state index contributed by atoms with van der Waals surface area (Å²) in [5, 5.41) is 2.12. The van der Waals surface area contributed by atoms with E-state index in [-0.39, 0.29) is 16.9 Å². The lowest BCUT2D eigenvalue weighted by molar-refractivity contribution is 0.101. The maximum Gasteiger partial charge on any atom is 0.271 e. The van der Waals surface area contributed by atoms with Gasteiger partial charge in [-0.1, -0.05) is 11.8 Å². The van der Waals surface area contributed by atoms with Crippen LogP contribution in [0.1, 0.15) is 10.4 Å². The van der Waals surface area contributed by atoms with Crippen LogP contribution in [0.5, 0.6) is 0 Å². The fraction of sp³-hybridized carbons (Fsp3) is 0.133. The minimum absolute atomic E-state index is 0.143. The number of Topliss-reactive ketones (excluding diaryl/α,β-unsaturated/α-hetero) is 1. The maximum atomic E-state index is 13.6. The van der Waals surface area contributed by atoms with Crippen molar-refractivity contribution >= 4 is 39.1 Å². The molecule has 0 bridgehead atoms. The van der Waals surface area contributed by atoms with E-state index in [9.17, 15) is 18.4 Å². The monoisotopic (exact) mass is 352 g/mol. The molecule has 0 spiro atoms. The highest BCUT2D eigenvalue weighted by atomic mass is 32.2. The van der Waals surface area contributed by atoms with Crippen LogP contribution in [0.3, 0.4) is 0 Å². The Morgan fingerprint density at radius 1 is 1.35 bits per heavy atom.